The summed E-state index contributed by atoms with van der Waals surface area (Å²) in [4.78, 5) is 15.2. The lowest BCUT2D eigenvalue weighted by Gasteiger charge is -2.31. The number of likely N-dealkylation sites (tertiary alicyclic amines) is 1. The lowest BCUT2D eigenvalue weighted by molar-refractivity contribution is -0.126. The normalized spacial score (nSPS) is 14.9. The Kier molecular flexibility index (Phi) is 6.96. The third-order valence-corrected chi connectivity index (χ3v) is 7.19. The zero-order valence-corrected chi connectivity index (χ0v) is 20.2. The average Bonchev–Trinajstić information content (AvgIpc) is 3.21. The predicted molar refractivity (Wildman–Crippen MR) is 138 cm³/mol. The van der Waals surface area contributed by atoms with Gasteiger partial charge in [0, 0.05) is 36.8 Å². The van der Waals surface area contributed by atoms with E-state index in [-0.39, 0.29) is 17.6 Å². The van der Waals surface area contributed by atoms with Gasteiger partial charge in [-0.3, -0.25) is 9.69 Å². The van der Waals surface area contributed by atoms with Gasteiger partial charge in [-0.1, -0.05) is 54.6 Å². The van der Waals surface area contributed by atoms with Gasteiger partial charge < -0.3 is 9.88 Å². The molecule has 0 saturated carbocycles. The molecule has 1 saturated heterocycles. The fraction of sp³-hybridized carbons (Fsp3) is 0.300. The largest absolute Gasteiger partial charge is 0.352 e. The lowest BCUT2D eigenvalue weighted by Crippen LogP contribution is -2.40. The molecule has 1 fully saturated rings. The highest BCUT2D eigenvalue weighted by atomic mass is 19.1. The quantitative estimate of drug-likeness (QED) is 0.379. The van der Waals surface area contributed by atoms with Gasteiger partial charge in [-0.15, -0.1) is 0 Å². The SMILES string of the molecule is Cc1ccccc1Cn1c(CN2CCC(C(=O)NCc3cccc(F)c3)CC2)cc2ccccc21. The van der Waals surface area contributed by atoms with E-state index in [9.17, 15) is 9.18 Å². The number of carbonyl (C=O) groups excluding carboxylic acids is 1. The summed E-state index contributed by atoms with van der Waals surface area (Å²) in [6, 6.07) is 25.9. The van der Waals surface area contributed by atoms with E-state index in [4.69, 9.17) is 0 Å². The highest BCUT2D eigenvalue weighted by Gasteiger charge is 2.25. The summed E-state index contributed by atoms with van der Waals surface area (Å²) in [5.41, 5.74) is 6.00. The van der Waals surface area contributed by atoms with Crippen LogP contribution in [0.4, 0.5) is 4.39 Å². The van der Waals surface area contributed by atoms with Crippen molar-refractivity contribution in [1.29, 1.82) is 0 Å². The number of carbonyl (C=O) groups is 1. The lowest BCUT2D eigenvalue weighted by atomic mass is 9.95. The molecule has 1 aliphatic heterocycles. The number of aromatic nitrogens is 1. The molecule has 0 atom stereocenters. The Morgan fingerprint density at radius 3 is 2.51 bits per heavy atom. The number of fused-ring (bicyclic) bond motifs is 1. The molecule has 2 heterocycles. The molecule has 5 rings (SSSR count). The van der Waals surface area contributed by atoms with Gasteiger partial charge in [0.15, 0.2) is 0 Å². The van der Waals surface area contributed by atoms with Crippen LogP contribution >= 0.6 is 0 Å². The van der Waals surface area contributed by atoms with Crippen molar-refractivity contribution in [3.8, 4) is 0 Å². The highest BCUT2D eigenvalue weighted by molar-refractivity contribution is 5.81. The Morgan fingerprint density at radius 1 is 0.943 bits per heavy atom. The minimum absolute atomic E-state index is 0.0117. The first-order valence-electron chi connectivity index (χ1n) is 12.4. The first kappa shape index (κ1) is 23.3. The topological polar surface area (TPSA) is 37.3 Å². The minimum Gasteiger partial charge on any atom is -0.352 e. The smallest absolute Gasteiger partial charge is 0.223 e. The second-order valence-electron chi connectivity index (χ2n) is 9.61. The summed E-state index contributed by atoms with van der Waals surface area (Å²) < 4.78 is 15.8. The van der Waals surface area contributed by atoms with Gasteiger partial charge in [0.05, 0.1) is 0 Å². The van der Waals surface area contributed by atoms with Crippen molar-refractivity contribution in [3.63, 3.8) is 0 Å². The van der Waals surface area contributed by atoms with E-state index in [1.54, 1.807) is 6.07 Å². The van der Waals surface area contributed by atoms with E-state index in [1.807, 2.05) is 6.07 Å². The number of hydrogen-bond donors (Lipinski definition) is 1. The molecule has 1 aromatic heterocycles. The molecule has 1 N–H and O–H groups in total. The maximum Gasteiger partial charge on any atom is 0.223 e. The second kappa shape index (κ2) is 10.4. The predicted octanol–water partition coefficient (Wildman–Crippen LogP) is 5.67. The number of para-hydroxylation sites is 1. The molecule has 35 heavy (non-hydrogen) atoms. The van der Waals surface area contributed by atoms with E-state index in [0.29, 0.717) is 6.54 Å². The molecule has 0 radical (unpaired) electrons. The second-order valence-corrected chi connectivity index (χ2v) is 9.61. The minimum atomic E-state index is -0.273. The van der Waals surface area contributed by atoms with E-state index < -0.39 is 0 Å². The number of hydrogen-bond acceptors (Lipinski definition) is 2. The Balaban J connectivity index is 1.23. The number of amides is 1. The van der Waals surface area contributed by atoms with Crippen molar-refractivity contribution in [1.82, 2.24) is 14.8 Å². The van der Waals surface area contributed by atoms with Crippen molar-refractivity contribution in [2.45, 2.75) is 39.4 Å². The molecule has 0 aliphatic carbocycles. The van der Waals surface area contributed by atoms with E-state index in [2.05, 4.69) is 76.3 Å². The molecule has 5 heteroatoms. The van der Waals surface area contributed by atoms with Crippen LogP contribution in [-0.4, -0.2) is 28.5 Å². The molecule has 1 aliphatic rings. The van der Waals surface area contributed by atoms with Crippen LogP contribution in [0.2, 0.25) is 0 Å². The molecule has 4 aromatic rings. The standard InChI is InChI=1S/C30H32FN3O/c1-22-7-2-3-10-26(22)20-34-28(18-25-9-4-5-12-29(25)34)21-33-15-13-24(14-16-33)30(35)32-19-23-8-6-11-27(31)17-23/h2-12,17-18,24H,13-16,19-21H2,1H3,(H,32,35). The molecule has 0 unspecified atom stereocenters. The fourth-order valence-corrected chi connectivity index (χ4v) is 5.11. The number of nitrogens with one attached hydrogen (secondary N) is 1. The molecular weight excluding hydrogens is 437 g/mol. The van der Waals surface area contributed by atoms with Gasteiger partial charge in [-0.25, -0.2) is 4.39 Å². The number of benzene rings is 3. The summed E-state index contributed by atoms with van der Waals surface area (Å²) in [5.74, 6) is -0.190. The zero-order valence-electron chi connectivity index (χ0n) is 20.2. The average molecular weight is 470 g/mol. The first-order valence-corrected chi connectivity index (χ1v) is 12.4. The van der Waals surface area contributed by atoms with Gasteiger partial charge in [-0.2, -0.15) is 0 Å². The Bertz CT molecular complexity index is 1320. The van der Waals surface area contributed by atoms with Crippen molar-refractivity contribution < 1.29 is 9.18 Å². The zero-order chi connectivity index (χ0) is 24.2. The van der Waals surface area contributed by atoms with E-state index in [0.717, 1.165) is 44.6 Å². The van der Waals surface area contributed by atoms with Crippen LogP contribution in [0.15, 0.2) is 78.9 Å². The van der Waals surface area contributed by atoms with Crippen LogP contribution in [0.3, 0.4) is 0 Å². The monoisotopic (exact) mass is 469 g/mol. The number of piperidine rings is 1. The molecule has 3 aromatic carbocycles. The van der Waals surface area contributed by atoms with Crippen LogP contribution < -0.4 is 5.32 Å². The maximum atomic E-state index is 13.4. The molecule has 0 bridgehead atoms. The van der Waals surface area contributed by atoms with Crippen LogP contribution in [0.1, 0.15) is 35.2 Å². The Hall–Kier alpha value is -3.44. The van der Waals surface area contributed by atoms with Gasteiger partial charge in [0.2, 0.25) is 5.91 Å². The Labute approximate surface area is 206 Å². The molecular formula is C30H32FN3O. The van der Waals surface area contributed by atoms with Crippen molar-refractivity contribution in [2.24, 2.45) is 5.92 Å². The van der Waals surface area contributed by atoms with Crippen LogP contribution in [0, 0.1) is 18.7 Å². The third-order valence-electron chi connectivity index (χ3n) is 7.19. The number of nitrogens with zero attached hydrogens (tertiary/aromatic N) is 2. The number of aryl methyl sites for hydroxylation is 1. The summed E-state index contributed by atoms with van der Waals surface area (Å²) in [5, 5.41) is 4.26. The van der Waals surface area contributed by atoms with Gasteiger partial charge in [0.25, 0.3) is 0 Å². The van der Waals surface area contributed by atoms with Gasteiger partial charge in [-0.05, 0) is 79.2 Å². The van der Waals surface area contributed by atoms with Crippen molar-refractivity contribution in [3.05, 3.63) is 107 Å². The first-order chi connectivity index (χ1) is 17.1. The summed E-state index contributed by atoms with van der Waals surface area (Å²) in [6.07, 6.45) is 1.68. The van der Waals surface area contributed by atoms with Crippen LogP contribution in [0.5, 0.6) is 0 Å². The van der Waals surface area contributed by atoms with Crippen molar-refractivity contribution >= 4 is 16.8 Å². The molecule has 1 amide bonds. The van der Waals surface area contributed by atoms with Gasteiger partial charge >= 0.3 is 0 Å². The van der Waals surface area contributed by atoms with Crippen LogP contribution in [-0.2, 0) is 24.4 Å². The third kappa shape index (κ3) is 5.46. The fourth-order valence-electron chi connectivity index (χ4n) is 5.11. The molecule has 4 nitrogen and oxygen atoms in total. The number of halogens is 1. The Morgan fingerprint density at radius 2 is 1.71 bits per heavy atom. The van der Waals surface area contributed by atoms with E-state index >= 15 is 0 Å². The molecule has 180 valence electrons. The van der Waals surface area contributed by atoms with E-state index in [1.165, 1.54) is 39.9 Å². The van der Waals surface area contributed by atoms with Gasteiger partial charge in [0.1, 0.15) is 5.82 Å². The summed E-state index contributed by atoms with van der Waals surface area (Å²) in [6.45, 7) is 6.06. The summed E-state index contributed by atoms with van der Waals surface area (Å²) >= 11 is 0. The summed E-state index contributed by atoms with van der Waals surface area (Å²) in [7, 11) is 0. The van der Waals surface area contributed by atoms with Crippen LogP contribution in [0.25, 0.3) is 10.9 Å². The maximum absolute atomic E-state index is 13.4. The molecule has 0 spiro atoms. The number of rotatable bonds is 7. The van der Waals surface area contributed by atoms with Crippen molar-refractivity contribution in [2.75, 3.05) is 13.1 Å². The highest BCUT2D eigenvalue weighted by Crippen LogP contribution is 2.25.